The summed E-state index contributed by atoms with van der Waals surface area (Å²) in [5, 5.41) is 6.16. The number of amides is 3. The van der Waals surface area contributed by atoms with Crippen molar-refractivity contribution in [3.63, 3.8) is 0 Å². The second-order valence-electron chi connectivity index (χ2n) is 11.2. The summed E-state index contributed by atoms with van der Waals surface area (Å²) in [6, 6.07) is -0.465. The van der Waals surface area contributed by atoms with Crippen LogP contribution in [0.4, 0.5) is 0 Å². The molecular weight excluding hydrogens is 428 g/mol. The molecule has 0 aromatic heterocycles. The van der Waals surface area contributed by atoms with Crippen LogP contribution >= 0.6 is 0 Å². The van der Waals surface area contributed by atoms with E-state index in [1.54, 1.807) is 11.9 Å². The summed E-state index contributed by atoms with van der Waals surface area (Å²) >= 11 is 0. The van der Waals surface area contributed by atoms with Crippen LogP contribution in [0.3, 0.4) is 0 Å². The van der Waals surface area contributed by atoms with E-state index in [1.807, 2.05) is 40.7 Å². The average Bonchev–Trinajstić information content (AvgIpc) is 2.76. The molecular formula is C27H48N4O3. The third kappa shape index (κ3) is 7.30. The molecule has 0 spiro atoms. The lowest BCUT2D eigenvalue weighted by molar-refractivity contribution is -0.140. The van der Waals surface area contributed by atoms with E-state index >= 15 is 0 Å². The first-order valence-electron chi connectivity index (χ1n) is 13.3. The van der Waals surface area contributed by atoms with Gasteiger partial charge in [0, 0.05) is 24.7 Å². The van der Waals surface area contributed by atoms with E-state index in [1.165, 1.54) is 0 Å². The second-order valence-corrected chi connectivity index (χ2v) is 11.2. The van der Waals surface area contributed by atoms with Gasteiger partial charge in [-0.1, -0.05) is 40.2 Å². The van der Waals surface area contributed by atoms with Crippen LogP contribution in [-0.2, 0) is 14.4 Å². The van der Waals surface area contributed by atoms with Crippen LogP contribution in [0.5, 0.6) is 0 Å². The zero-order valence-electron chi connectivity index (χ0n) is 22.7. The summed E-state index contributed by atoms with van der Waals surface area (Å²) in [6.45, 7) is 15.0. The SMILES string of the molecule is CC(=C[C@H](C(C)C)N(C)C(=O)[C@@H](NC(=O)C1CCCCN1C(C)C)C(C)C)C(=O)NC1CCC1. The first kappa shape index (κ1) is 28.3. The van der Waals surface area contributed by atoms with E-state index in [4.69, 9.17) is 0 Å². The lowest BCUT2D eigenvalue weighted by Gasteiger charge is -2.39. The Labute approximate surface area is 207 Å². The van der Waals surface area contributed by atoms with Gasteiger partial charge in [0.1, 0.15) is 6.04 Å². The van der Waals surface area contributed by atoms with Crippen molar-refractivity contribution in [2.24, 2.45) is 11.8 Å². The van der Waals surface area contributed by atoms with E-state index in [2.05, 4.69) is 29.4 Å². The standard InChI is InChI=1S/C27H48N4O3/c1-17(2)23(16-20(7)25(32)28-21-12-11-13-21)30(8)27(34)24(18(3)4)29-26(33)22-14-9-10-15-31(22)19(5)6/h16-19,21-24H,9-15H2,1-8H3,(H,28,32)(H,29,33)/t22?,23-,24+/m1/s1. The van der Waals surface area contributed by atoms with Crippen LogP contribution in [0.25, 0.3) is 0 Å². The zero-order chi connectivity index (χ0) is 25.6. The van der Waals surface area contributed by atoms with E-state index in [0.29, 0.717) is 5.57 Å². The minimum atomic E-state index is -0.604. The van der Waals surface area contributed by atoms with Crippen LogP contribution in [0.15, 0.2) is 11.6 Å². The van der Waals surface area contributed by atoms with Gasteiger partial charge in [0.2, 0.25) is 17.7 Å². The minimum absolute atomic E-state index is 0.0465. The van der Waals surface area contributed by atoms with Gasteiger partial charge in [-0.25, -0.2) is 0 Å². The quantitative estimate of drug-likeness (QED) is 0.473. The maximum absolute atomic E-state index is 13.6. The summed E-state index contributed by atoms with van der Waals surface area (Å²) in [6.07, 6.45) is 8.10. The highest BCUT2D eigenvalue weighted by atomic mass is 16.2. The van der Waals surface area contributed by atoms with Crippen LogP contribution in [-0.4, -0.2) is 71.3 Å². The van der Waals surface area contributed by atoms with Gasteiger partial charge < -0.3 is 15.5 Å². The molecule has 0 aromatic carbocycles. The highest BCUT2D eigenvalue weighted by Gasteiger charge is 2.36. The number of rotatable bonds is 10. The molecule has 1 saturated carbocycles. The van der Waals surface area contributed by atoms with Crippen molar-refractivity contribution in [2.45, 2.75) is 117 Å². The Morgan fingerprint density at radius 1 is 0.941 bits per heavy atom. The number of hydrogen-bond donors (Lipinski definition) is 2. The molecule has 2 aliphatic rings. The molecule has 1 unspecified atom stereocenters. The first-order valence-corrected chi connectivity index (χ1v) is 13.3. The first-order chi connectivity index (χ1) is 15.9. The maximum Gasteiger partial charge on any atom is 0.246 e. The third-order valence-electron chi connectivity index (χ3n) is 7.44. The van der Waals surface area contributed by atoms with Crippen molar-refractivity contribution < 1.29 is 14.4 Å². The highest BCUT2D eigenvalue weighted by molar-refractivity contribution is 5.93. The largest absolute Gasteiger partial charge is 0.350 e. The number of piperidine rings is 1. The fourth-order valence-corrected chi connectivity index (χ4v) is 4.92. The molecule has 7 heteroatoms. The fraction of sp³-hybridized carbons (Fsp3) is 0.815. The van der Waals surface area contributed by atoms with E-state index < -0.39 is 6.04 Å². The van der Waals surface area contributed by atoms with Crippen molar-refractivity contribution in [3.8, 4) is 0 Å². The molecule has 2 rings (SSSR count). The van der Waals surface area contributed by atoms with Gasteiger partial charge in [-0.3, -0.25) is 19.3 Å². The van der Waals surface area contributed by atoms with Gasteiger partial charge in [0.25, 0.3) is 0 Å². The Hall–Kier alpha value is -1.89. The lowest BCUT2D eigenvalue weighted by atomic mass is 9.92. The van der Waals surface area contributed by atoms with Gasteiger partial charge in [-0.15, -0.1) is 0 Å². The number of carbonyl (C=O) groups is 3. The van der Waals surface area contributed by atoms with Crippen molar-refractivity contribution in [2.75, 3.05) is 13.6 Å². The summed E-state index contributed by atoms with van der Waals surface area (Å²) < 4.78 is 0. The number of likely N-dealkylation sites (N-methyl/N-ethyl adjacent to an activating group) is 1. The predicted molar refractivity (Wildman–Crippen MR) is 137 cm³/mol. The zero-order valence-corrected chi connectivity index (χ0v) is 22.7. The van der Waals surface area contributed by atoms with Crippen molar-refractivity contribution in [3.05, 3.63) is 11.6 Å². The molecule has 3 amide bonds. The predicted octanol–water partition coefficient (Wildman–Crippen LogP) is 3.49. The minimum Gasteiger partial charge on any atom is -0.350 e. The summed E-state index contributed by atoms with van der Waals surface area (Å²) in [5.41, 5.74) is 0.630. The smallest absolute Gasteiger partial charge is 0.246 e. The monoisotopic (exact) mass is 476 g/mol. The van der Waals surface area contributed by atoms with Crippen LogP contribution in [0.2, 0.25) is 0 Å². The average molecular weight is 477 g/mol. The molecule has 1 saturated heterocycles. The van der Waals surface area contributed by atoms with Gasteiger partial charge in [-0.05, 0) is 71.3 Å². The van der Waals surface area contributed by atoms with E-state index in [0.717, 1.165) is 45.1 Å². The summed E-state index contributed by atoms with van der Waals surface area (Å²) in [5.74, 6) is -0.150. The Morgan fingerprint density at radius 3 is 2.09 bits per heavy atom. The number of hydrogen-bond acceptors (Lipinski definition) is 4. The Balaban J connectivity index is 2.14. The van der Waals surface area contributed by atoms with Gasteiger partial charge in [0.05, 0.1) is 12.1 Å². The van der Waals surface area contributed by atoms with Crippen molar-refractivity contribution in [1.82, 2.24) is 20.4 Å². The fourth-order valence-electron chi connectivity index (χ4n) is 4.92. The third-order valence-corrected chi connectivity index (χ3v) is 7.44. The van der Waals surface area contributed by atoms with Crippen molar-refractivity contribution >= 4 is 17.7 Å². The molecule has 0 bridgehead atoms. The number of likely N-dealkylation sites (tertiary alicyclic amines) is 1. The second kappa shape index (κ2) is 12.7. The van der Waals surface area contributed by atoms with E-state index in [9.17, 15) is 14.4 Å². The molecule has 1 aliphatic heterocycles. The Bertz CT molecular complexity index is 742. The molecule has 7 nitrogen and oxygen atoms in total. The molecule has 2 N–H and O–H groups in total. The van der Waals surface area contributed by atoms with Crippen molar-refractivity contribution in [1.29, 1.82) is 0 Å². The Morgan fingerprint density at radius 2 is 1.59 bits per heavy atom. The van der Waals surface area contributed by atoms with Crippen LogP contribution in [0, 0.1) is 11.8 Å². The molecule has 0 radical (unpaired) electrons. The molecule has 3 atom stereocenters. The molecule has 194 valence electrons. The normalized spacial score (nSPS) is 21.9. The van der Waals surface area contributed by atoms with Gasteiger partial charge in [0.15, 0.2) is 0 Å². The maximum atomic E-state index is 13.6. The number of nitrogens with one attached hydrogen (secondary N) is 2. The Kier molecular flexibility index (Phi) is 10.6. The molecule has 1 aliphatic carbocycles. The molecule has 34 heavy (non-hydrogen) atoms. The molecule has 1 heterocycles. The van der Waals surface area contributed by atoms with Gasteiger partial charge in [-0.2, -0.15) is 0 Å². The lowest BCUT2D eigenvalue weighted by Crippen LogP contribution is -2.58. The summed E-state index contributed by atoms with van der Waals surface area (Å²) in [7, 11) is 1.78. The number of carbonyl (C=O) groups excluding carboxylic acids is 3. The number of nitrogens with zero attached hydrogens (tertiary/aromatic N) is 2. The highest BCUT2D eigenvalue weighted by Crippen LogP contribution is 2.22. The summed E-state index contributed by atoms with van der Waals surface area (Å²) in [4.78, 5) is 43.4. The van der Waals surface area contributed by atoms with Gasteiger partial charge >= 0.3 is 0 Å². The van der Waals surface area contributed by atoms with Crippen LogP contribution in [0.1, 0.15) is 87.0 Å². The topological polar surface area (TPSA) is 81.8 Å². The van der Waals surface area contributed by atoms with Crippen LogP contribution < -0.4 is 10.6 Å². The molecule has 0 aromatic rings. The molecule has 2 fully saturated rings. The van der Waals surface area contributed by atoms with E-state index in [-0.39, 0.29) is 53.7 Å².